The molecule has 35 heavy (non-hydrogen) atoms. The van der Waals surface area contributed by atoms with Gasteiger partial charge in [-0.1, -0.05) is 72.3 Å². The van der Waals surface area contributed by atoms with E-state index in [1.54, 1.807) is 0 Å². The highest BCUT2D eigenvalue weighted by atomic mass is 16.5. The van der Waals surface area contributed by atoms with Gasteiger partial charge in [0, 0.05) is 30.6 Å². The number of benzene rings is 3. The summed E-state index contributed by atoms with van der Waals surface area (Å²) >= 11 is 0. The molecule has 0 saturated carbocycles. The summed E-state index contributed by atoms with van der Waals surface area (Å²) in [5.74, 6) is -0.177. The van der Waals surface area contributed by atoms with E-state index < -0.39 is 12.0 Å². The Bertz CT molecular complexity index is 1290. The second-order valence-electron chi connectivity index (χ2n) is 8.82. The maximum atomic E-state index is 11.3. The van der Waals surface area contributed by atoms with Crippen LogP contribution in [0.25, 0.3) is 10.9 Å². The maximum absolute atomic E-state index is 11.3. The summed E-state index contributed by atoms with van der Waals surface area (Å²) in [6, 6.07) is 27.4. The van der Waals surface area contributed by atoms with Gasteiger partial charge >= 0.3 is 5.97 Å². The van der Waals surface area contributed by atoms with Gasteiger partial charge in [-0.15, -0.1) is 0 Å². The SMILES string of the molecule is Cc1cccc(COc2ccccc2CN(CC[C@H](N)C(=O)O)Cc2ccc3ccccc3n2)c1. The number of hydrogen-bond acceptors (Lipinski definition) is 5. The Hall–Kier alpha value is -3.74. The topological polar surface area (TPSA) is 88.7 Å². The molecule has 1 aromatic heterocycles. The number of carboxylic acid groups (broad SMARTS) is 1. The average Bonchev–Trinajstić information content (AvgIpc) is 2.86. The first-order chi connectivity index (χ1) is 17.0. The van der Waals surface area contributed by atoms with Gasteiger partial charge in [0.1, 0.15) is 18.4 Å². The van der Waals surface area contributed by atoms with Crippen LogP contribution in [0.15, 0.2) is 84.9 Å². The van der Waals surface area contributed by atoms with Gasteiger partial charge in [-0.05, 0) is 37.1 Å². The van der Waals surface area contributed by atoms with E-state index in [1.807, 2.05) is 60.7 Å². The lowest BCUT2D eigenvalue weighted by molar-refractivity contribution is -0.138. The number of ether oxygens (including phenoxy) is 1. The molecule has 0 spiro atoms. The third kappa shape index (κ3) is 6.88. The molecule has 0 saturated heterocycles. The fraction of sp³-hybridized carbons (Fsp3) is 0.241. The van der Waals surface area contributed by atoms with Crippen LogP contribution >= 0.6 is 0 Å². The summed E-state index contributed by atoms with van der Waals surface area (Å²) in [5.41, 5.74) is 11.0. The number of para-hydroxylation sites is 2. The highest BCUT2D eigenvalue weighted by Crippen LogP contribution is 2.23. The molecule has 1 heterocycles. The number of pyridine rings is 1. The molecule has 0 aliphatic carbocycles. The second kappa shape index (κ2) is 11.6. The number of hydrogen-bond donors (Lipinski definition) is 2. The molecule has 1 atom stereocenters. The first kappa shape index (κ1) is 24.4. The zero-order valence-corrected chi connectivity index (χ0v) is 19.9. The Balaban J connectivity index is 1.52. The van der Waals surface area contributed by atoms with Gasteiger partial charge in [-0.2, -0.15) is 0 Å². The zero-order valence-electron chi connectivity index (χ0n) is 19.9. The van der Waals surface area contributed by atoms with E-state index in [9.17, 15) is 9.90 Å². The third-order valence-corrected chi connectivity index (χ3v) is 5.96. The van der Waals surface area contributed by atoms with Crippen molar-refractivity contribution in [3.63, 3.8) is 0 Å². The van der Waals surface area contributed by atoms with Crippen molar-refractivity contribution in [1.29, 1.82) is 0 Å². The second-order valence-corrected chi connectivity index (χ2v) is 8.82. The molecule has 3 aromatic carbocycles. The molecule has 0 fully saturated rings. The first-order valence-electron chi connectivity index (χ1n) is 11.8. The van der Waals surface area contributed by atoms with Crippen molar-refractivity contribution >= 4 is 16.9 Å². The molecule has 0 bridgehead atoms. The van der Waals surface area contributed by atoms with Gasteiger partial charge in [0.05, 0.1) is 11.2 Å². The minimum absolute atomic E-state index is 0.342. The predicted molar refractivity (Wildman–Crippen MR) is 138 cm³/mol. The predicted octanol–water partition coefficient (Wildman–Crippen LogP) is 4.93. The molecule has 6 heteroatoms. The Morgan fingerprint density at radius 3 is 2.63 bits per heavy atom. The van der Waals surface area contributed by atoms with Crippen LogP contribution in [0.4, 0.5) is 0 Å². The number of aromatic nitrogens is 1. The van der Waals surface area contributed by atoms with Crippen molar-refractivity contribution in [3.8, 4) is 5.75 Å². The van der Waals surface area contributed by atoms with E-state index in [1.165, 1.54) is 5.56 Å². The van der Waals surface area contributed by atoms with Crippen LogP contribution in [0.5, 0.6) is 5.75 Å². The highest BCUT2D eigenvalue weighted by Gasteiger charge is 2.17. The number of aliphatic carboxylic acids is 1. The number of nitrogens with two attached hydrogens (primary N) is 1. The van der Waals surface area contributed by atoms with Crippen molar-refractivity contribution in [2.24, 2.45) is 5.73 Å². The molecule has 0 radical (unpaired) electrons. The van der Waals surface area contributed by atoms with E-state index in [-0.39, 0.29) is 0 Å². The smallest absolute Gasteiger partial charge is 0.320 e. The molecule has 0 aliphatic heterocycles. The molecular weight excluding hydrogens is 438 g/mol. The average molecular weight is 470 g/mol. The lowest BCUT2D eigenvalue weighted by Gasteiger charge is -2.24. The van der Waals surface area contributed by atoms with E-state index in [0.29, 0.717) is 32.7 Å². The Kier molecular flexibility index (Phi) is 8.08. The van der Waals surface area contributed by atoms with Gasteiger partial charge in [0.2, 0.25) is 0 Å². The molecule has 0 aliphatic rings. The number of carboxylic acids is 1. The van der Waals surface area contributed by atoms with Gasteiger partial charge in [0.15, 0.2) is 0 Å². The van der Waals surface area contributed by atoms with E-state index in [0.717, 1.165) is 33.5 Å². The molecule has 0 amide bonds. The van der Waals surface area contributed by atoms with Crippen LogP contribution in [0.1, 0.15) is 28.8 Å². The van der Waals surface area contributed by atoms with Crippen molar-refractivity contribution in [2.45, 2.75) is 39.1 Å². The molecule has 4 aromatic rings. The minimum Gasteiger partial charge on any atom is -0.489 e. The summed E-state index contributed by atoms with van der Waals surface area (Å²) in [4.78, 5) is 18.3. The monoisotopic (exact) mass is 469 g/mol. The Labute approximate surface area is 206 Å². The summed E-state index contributed by atoms with van der Waals surface area (Å²) in [6.45, 7) is 4.23. The fourth-order valence-electron chi connectivity index (χ4n) is 4.06. The Morgan fingerprint density at radius 2 is 1.80 bits per heavy atom. The van der Waals surface area contributed by atoms with Crippen LogP contribution in [-0.2, 0) is 24.5 Å². The van der Waals surface area contributed by atoms with Gasteiger partial charge in [-0.25, -0.2) is 0 Å². The summed E-state index contributed by atoms with van der Waals surface area (Å²) in [5, 5.41) is 10.3. The molecule has 0 unspecified atom stereocenters. The minimum atomic E-state index is -0.990. The zero-order chi connectivity index (χ0) is 24.6. The standard InChI is InChI=1S/C29H31N3O3/c1-21-7-6-8-22(17-21)20-35-28-12-5-3-10-24(28)18-32(16-15-26(30)29(33)34)19-25-14-13-23-9-2-4-11-27(23)31-25/h2-14,17,26H,15-16,18-20,30H2,1H3,(H,33,34)/t26-/m0/s1. The molecule has 6 nitrogen and oxygen atoms in total. The summed E-state index contributed by atoms with van der Waals surface area (Å²) in [7, 11) is 0. The van der Waals surface area contributed by atoms with Crippen LogP contribution in [-0.4, -0.2) is 33.5 Å². The number of carbonyl (C=O) groups is 1. The van der Waals surface area contributed by atoms with E-state index >= 15 is 0 Å². The van der Waals surface area contributed by atoms with Crippen LogP contribution in [0.2, 0.25) is 0 Å². The largest absolute Gasteiger partial charge is 0.489 e. The van der Waals surface area contributed by atoms with Crippen molar-refractivity contribution in [2.75, 3.05) is 6.54 Å². The normalized spacial score (nSPS) is 12.1. The number of nitrogens with zero attached hydrogens (tertiary/aromatic N) is 2. The number of rotatable bonds is 11. The Morgan fingerprint density at radius 1 is 1.00 bits per heavy atom. The quantitative estimate of drug-likeness (QED) is 0.324. The fourth-order valence-corrected chi connectivity index (χ4v) is 4.06. The van der Waals surface area contributed by atoms with Crippen LogP contribution in [0.3, 0.4) is 0 Å². The van der Waals surface area contributed by atoms with Crippen molar-refractivity contribution < 1.29 is 14.6 Å². The van der Waals surface area contributed by atoms with Gasteiger partial charge in [0.25, 0.3) is 0 Å². The van der Waals surface area contributed by atoms with Crippen molar-refractivity contribution in [1.82, 2.24) is 9.88 Å². The first-order valence-corrected chi connectivity index (χ1v) is 11.8. The van der Waals surface area contributed by atoms with Crippen molar-refractivity contribution in [3.05, 3.63) is 107 Å². The lowest BCUT2D eigenvalue weighted by Crippen LogP contribution is -2.35. The van der Waals surface area contributed by atoms with Crippen LogP contribution in [0, 0.1) is 6.92 Å². The molecule has 180 valence electrons. The third-order valence-electron chi connectivity index (χ3n) is 5.96. The van der Waals surface area contributed by atoms with Crippen LogP contribution < -0.4 is 10.5 Å². The lowest BCUT2D eigenvalue weighted by atomic mass is 10.1. The summed E-state index contributed by atoms with van der Waals surface area (Å²) in [6.07, 6.45) is 0.342. The van der Waals surface area contributed by atoms with Gasteiger partial charge < -0.3 is 15.6 Å². The van der Waals surface area contributed by atoms with E-state index in [2.05, 4.69) is 36.1 Å². The summed E-state index contributed by atoms with van der Waals surface area (Å²) < 4.78 is 6.19. The number of aryl methyl sites for hydroxylation is 1. The van der Waals surface area contributed by atoms with E-state index in [4.69, 9.17) is 15.5 Å². The van der Waals surface area contributed by atoms with Gasteiger partial charge in [-0.3, -0.25) is 14.7 Å². The molecule has 3 N–H and O–H groups in total. The maximum Gasteiger partial charge on any atom is 0.320 e. The molecular formula is C29H31N3O3. The molecule has 4 rings (SSSR count). The number of fused-ring (bicyclic) bond motifs is 1. The highest BCUT2D eigenvalue weighted by molar-refractivity contribution is 5.78.